The van der Waals surface area contributed by atoms with Crippen molar-refractivity contribution >= 4 is 21.8 Å². The molecule has 0 spiro atoms. The fourth-order valence-electron chi connectivity index (χ4n) is 2.89. The van der Waals surface area contributed by atoms with Gasteiger partial charge in [-0.2, -0.15) is 4.31 Å². The van der Waals surface area contributed by atoms with Crippen LogP contribution in [0, 0.1) is 13.8 Å². The summed E-state index contributed by atoms with van der Waals surface area (Å²) in [6.45, 7) is 9.64. The van der Waals surface area contributed by atoms with Gasteiger partial charge in [0.15, 0.2) is 6.10 Å². The standard InChI is InChI=1S/C22H27NO5S/c1-6-23(7-2)29(26,27)20-12-10-18(11-13-20)22(25)28-17(5)21(24)19-9-8-15(3)16(4)14-19/h8-14,17H,6-7H2,1-5H3/t17-/m1/s1. The van der Waals surface area contributed by atoms with Crippen LogP contribution >= 0.6 is 0 Å². The van der Waals surface area contributed by atoms with Crippen LogP contribution in [0.4, 0.5) is 0 Å². The fraction of sp³-hybridized carbons (Fsp3) is 0.364. The predicted octanol–water partition coefficient (Wildman–Crippen LogP) is 3.76. The second-order valence-corrected chi connectivity index (χ2v) is 8.76. The summed E-state index contributed by atoms with van der Waals surface area (Å²) in [5, 5.41) is 0. The van der Waals surface area contributed by atoms with Crippen LogP contribution in [-0.2, 0) is 14.8 Å². The van der Waals surface area contributed by atoms with Crippen molar-refractivity contribution in [2.24, 2.45) is 0 Å². The highest BCUT2D eigenvalue weighted by Crippen LogP contribution is 2.18. The van der Waals surface area contributed by atoms with Gasteiger partial charge in [0.25, 0.3) is 0 Å². The minimum Gasteiger partial charge on any atom is -0.451 e. The number of ketones is 1. The Bertz CT molecular complexity index is 992. The van der Waals surface area contributed by atoms with Crippen LogP contribution in [-0.4, -0.2) is 43.7 Å². The molecule has 0 saturated carbocycles. The van der Waals surface area contributed by atoms with Crippen molar-refractivity contribution < 1.29 is 22.7 Å². The van der Waals surface area contributed by atoms with Gasteiger partial charge in [-0.25, -0.2) is 13.2 Å². The predicted molar refractivity (Wildman–Crippen MR) is 112 cm³/mol. The number of ether oxygens (including phenoxy) is 1. The average molecular weight is 418 g/mol. The van der Waals surface area contributed by atoms with E-state index in [1.54, 1.807) is 26.0 Å². The van der Waals surface area contributed by atoms with Crippen LogP contribution in [0.5, 0.6) is 0 Å². The molecule has 6 nitrogen and oxygen atoms in total. The molecule has 0 N–H and O–H groups in total. The monoisotopic (exact) mass is 417 g/mol. The number of hydrogen-bond acceptors (Lipinski definition) is 5. The molecule has 29 heavy (non-hydrogen) atoms. The Kier molecular flexibility index (Phi) is 7.32. The van der Waals surface area contributed by atoms with Crippen molar-refractivity contribution in [2.45, 2.75) is 45.6 Å². The number of benzene rings is 2. The molecule has 0 aromatic heterocycles. The summed E-state index contributed by atoms with van der Waals surface area (Å²) in [7, 11) is -3.60. The highest BCUT2D eigenvalue weighted by molar-refractivity contribution is 7.89. The molecular formula is C22H27NO5S. The summed E-state index contributed by atoms with van der Waals surface area (Å²) in [4.78, 5) is 25.0. The zero-order valence-electron chi connectivity index (χ0n) is 17.4. The molecule has 0 unspecified atom stereocenters. The zero-order valence-corrected chi connectivity index (χ0v) is 18.2. The first kappa shape index (κ1) is 22.8. The van der Waals surface area contributed by atoms with Crippen LogP contribution in [0.2, 0.25) is 0 Å². The lowest BCUT2D eigenvalue weighted by molar-refractivity contribution is 0.0318. The van der Waals surface area contributed by atoms with Gasteiger partial charge in [0.2, 0.25) is 15.8 Å². The average Bonchev–Trinajstić information content (AvgIpc) is 2.70. The summed E-state index contributed by atoms with van der Waals surface area (Å²) in [5.41, 5.74) is 2.72. The van der Waals surface area contributed by atoms with E-state index in [1.807, 2.05) is 19.9 Å². The van der Waals surface area contributed by atoms with Gasteiger partial charge >= 0.3 is 5.97 Å². The Hall–Kier alpha value is -2.51. The van der Waals surface area contributed by atoms with Crippen LogP contribution in [0.1, 0.15) is 52.6 Å². The minimum atomic E-state index is -3.60. The number of sulfonamides is 1. The molecule has 0 heterocycles. The highest BCUT2D eigenvalue weighted by atomic mass is 32.2. The molecule has 0 radical (unpaired) electrons. The Morgan fingerprint density at radius 1 is 0.931 bits per heavy atom. The van der Waals surface area contributed by atoms with Crippen LogP contribution in [0.25, 0.3) is 0 Å². The Morgan fingerprint density at radius 3 is 2.00 bits per heavy atom. The van der Waals surface area contributed by atoms with E-state index in [1.165, 1.54) is 35.5 Å². The van der Waals surface area contributed by atoms with Crippen molar-refractivity contribution in [3.8, 4) is 0 Å². The second kappa shape index (κ2) is 9.33. The number of Topliss-reactive ketones (excluding diaryl/α,β-unsaturated/α-hetero) is 1. The Labute approximate surface area is 172 Å². The lowest BCUT2D eigenvalue weighted by atomic mass is 10.0. The number of carbonyl (C=O) groups is 2. The van der Waals surface area contributed by atoms with Crippen LogP contribution in [0.15, 0.2) is 47.4 Å². The maximum Gasteiger partial charge on any atom is 0.338 e. The smallest absolute Gasteiger partial charge is 0.338 e. The summed E-state index contributed by atoms with van der Waals surface area (Å²) in [6.07, 6.45) is -0.955. The maximum atomic E-state index is 12.5. The first-order valence-electron chi connectivity index (χ1n) is 9.54. The Morgan fingerprint density at radius 2 is 1.48 bits per heavy atom. The van der Waals surface area contributed by atoms with Crippen LogP contribution < -0.4 is 0 Å². The molecule has 2 aromatic carbocycles. The molecule has 1 atom stereocenters. The molecule has 0 aliphatic rings. The maximum absolute atomic E-state index is 12.5. The van der Waals surface area contributed by atoms with E-state index in [-0.39, 0.29) is 16.2 Å². The van der Waals surface area contributed by atoms with E-state index in [4.69, 9.17) is 4.74 Å². The lowest BCUT2D eigenvalue weighted by Crippen LogP contribution is -2.30. The van der Waals surface area contributed by atoms with E-state index < -0.39 is 22.1 Å². The minimum absolute atomic E-state index is 0.108. The van der Waals surface area contributed by atoms with E-state index >= 15 is 0 Å². The molecule has 0 aliphatic heterocycles. The van der Waals surface area contributed by atoms with Gasteiger partial charge < -0.3 is 4.74 Å². The van der Waals surface area contributed by atoms with Crippen molar-refractivity contribution in [3.05, 3.63) is 64.7 Å². The van der Waals surface area contributed by atoms with E-state index in [2.05, 4.69) is 0 Å². The third-order valence-corrected chi connectivity index (χ3v) is 6.94. The molecule has 0 saturated heterocycles. The number of esters is 1. The lowest BCUT2D eigenvalue weighted by Gasteiger charge is -2.18. The largest absolute Gasteiger partial charge is 0.451 e. The van der Waals surface area contributed by atoms with Gasteiger partial charge in [-0.15, -0.1) is 0 Å². The quantitative estimate of drug-likeness (QED) is 0.483. The van der Waals surface area contributed by atoms with Gasteiger partial charge in [0.1, 0.15) is 0 Å². The number of nitrogens with zero attached hydrogens (tertiary/aromatic N) is 1. The van der Waals surface area contributed by atoms with Gasteiger partial charge in [0.05, 0.1) is 10.5 Å². The number of carbonyl (C=O) groups excluding carboxylic acids is 2. The molecule has 156 valence electrons. The third-order valence-electron chi connectivity index (χ3n) is 4.88. The molecule has 0 bridgehead atoms. The van der Waals surface area contributed by atoms with Crippen molar-refractivity contribution in [1.29, 1.82) is 0 Å². The van der Waals surface area contributed by atoms with E-state index in [9.17, 15) is 18.0 Å². The van der Waals surface area contributed by atoms with Crippen molar-refractivity contribution in [1.82, 2.24) is 4.31 Å². The number of hydrogen-bond donors (Lipinski definition) is 0. The molecule has 7 heteroatoms. The SMILES string of the molecule is CCN(CC)S(=O)(=O)c1ccc(C(=O)O[C@H](C)C(=O)c2ccc(C)c(C)c2)cc1. The second-order valence-electron chi connectivity index (χ2n) is 6.82. The highest BCUT2D eigenvalue weighted by Gasteiger charge is 2.23. The van der Waals surface area contributed by atoms with Gasteiger partial charge in [-0.1, -0.05) is 26.0 Å². The van der Waals surface area contributed by atoms with Gasteiger partial charge in [-0.05, 0) is 62.2 Å². The van der Waals surface area contributed by atoms with Gasteiger partial charge in [0, 0.05) is 18.7 Å². The Balaban J connectivity index is 2.12. The summed E-state index contributed by atoms with van der Waals surface area (Å²) < 4.78 is 31.7. The number of aryl methyl sites for hydroxylation is 2. The summed E-state index contributed by atoms with van der Waals surface area (Å²) in [5.74, 6) is -0.969. The van der Waals surface area contributed by atoms with Crippen molar-refractivity contribution in [3.63, 3.8) is 0 Å². The molecule has 2 aromatic rings. The first-order valence-corrected chi connectivity index (χ1v) is 11.0. The normalized spacial score (nSPS) is 12.6. The molecule has 0 amide bonds. The molecule has 2 rings (SSSR count). The summed E-state index contributed by atoms with van der Waals surface area (Å²) >= 11 is 0. The summed E-state index contributed by atoms with van der Waals surface area (Å²) in [6, 6.07) is 10.9. The number of rotatable bonds is 8. The van der Waals surface area contributed by atoms with E-state index in [0.717, 1.165) is 11.1 Å². The zero-order chi connectivity index (χ0) is 21.8. The first-order chi connectivity index (χ1) is 13.6. The topological polar surface area (TPSA) is 80.8 Å². The fourth-order valence-corrected chi connectivity index (χ4v) is 4.35. The van der Waals surface area contributed by atoms with Gasteiger partial charge in [-0.3, -0.25) is 4.79 Å². The van der Waals surface area contributed by atoms with Crippen LogP contribution in [0.3, 0.4) is 0 Å². The van der Waals surface area contributed by atoms with E-state index in [0.29, 0.717) is 18.7 Å². The third kappa shape index (κ3) is 5.10. The molecular weight excluding hydrogens is 390 g/mol. The molecule has 0 fully saturated rings. The molecule has 0 aliphatic carbocycles. The van der Waals surface area contributed by atoms with Crippen molar-refractivity contribution in [2.75, 3.05) is 13.1 Å².